The maximum absolute atomic E-state index is 11.0. The van der Waals surface area contributed by atoms with E-state index in [9.17, 15) is 4.79 Å². The van der Waals surface area contributed by atoms with Crippen molar-refractivity contribution in [1.82, 2.24) is 14.7 Å². The van der Waals surface area contributed by atoms with Crippen molar-refractivity contribution in [3.63, 3.8) is 0 Å². The second kappa shape index (κ2) is 6.77. The molecule has 1 N–H and O–H groups in total. The summed E-state index contributed by atoms with van der Waals surface area (Å²) in [6.07, 6.45) is 2.56. The molecule has 0 spiro atoms. The van der Waals surface area contributed by atoms with Gasteiger partial charge in [0.25, 0.3) is 0 Å². The Morgan fingerprint density at radius 2 is 2.00 bits per heavy atom. The fourth-order valence-corrected chi connectivity index (χ4v) is 3.69. The van der Waals surface area contributed by atoms with E-state index in [4.69, 9.17) is 5.11 Å². The molecule has 1 atom stereocenters. The van der Waals surface area contributed by atoms with Gasteiger partial charge in [-0.05, 0) is 63.9 Å². The van der Waals surface area contributed by atoms with Gasteiger partial charge < -0.3 is 5.11 Å². The monoisotopic (exact) mass is 327 g/mol. The third-order valence-electron chi connectivity index (χ3n) is 5.01. The third-order valence-corrected chi connectivity index (χ3v) is 5.01. The Hall–Kier alpha value is -2.14. The average Bonchev–Trinajstić information content (AvgIpc) is 3.16. The van der Waals surface area contributed by atoms with Crippen LogP contribution in [0.3, 0.4) is 0 Å². The number of aryl methyl sites for hydroxylation is 1. The van der Waals surface area contributed by atoms with Gasteiger partial charge in [0.1, 0.15) is 6.54 Å². The second-order valence-corrected chi connectivity index (χ2v) is 6.64. The molecule has 1 saturated heterocycles. The van der Waals surface area contributed by atoms with Crippen LogP contribution in [0.4, 0.5) is 0 Å². The molecule has 24 heavy (non-hydrogen) atoms. The molecule has 5 heteroatoms. The summed E-state index contributed by atoms with van der Waals surface area (Å²) in [5.41, 5.74) is 5.25. The number of likely N-dealkylation sites (tertiary alicyclic amines) is 1. The van der Waals surface area contributed by atoms with E-state index >= 15 is 0 Å². The van der Waals surface area contributed by atoms with Gasteiger partial charge in [-0.25, -0.2) is 0 Å². The highest BCUT2D eigenvalue weighted by atomic mass is 16.4. The van der Waals surface area contributed by atoms with E-state index in [0.29, 0.717) is 6.04 Å². The van der Waals surface area contributed by atoms with Gasteiger partial charge in [-0.1, -0.05) is 18.2 Å². The van der Waals surface area contributed by atoms with Crippen LogP contribution in [-0.4, -0.2) is 38.8 Å². The van der Waals surface area contributed by atoms with Gasteiger partial charge >= 0.3 is 5.97 Å². The lowest BCUT2D eigenvalue weighted by Gasteiger charge is -2.24. The lowest BCUT2D eigenvalue weighted by Crippen LogP contribution is -2.23. The smallest absolute Gasteiger partial charge is 0.325 e. The number of carbonyl (C=O) groups is 1. The van der Waals surface area contributed by atoms with Crippen molar-refractivity contribution in [3.05, 3.63) is 41.2 Å². The zero-order chi connectivity index (χ0) is 17.3. The zero-order valence-corrected chi connectivity index (χ0v) is 14.6. The van der Waals surface area contributed by atoms with Crippen molar-refractivity contribution >= 4 is 5.97 Å². The number of carboxylic acids is 1. The molecule has 0 aliphatic carbocycles. The van der Waals surface area contributed by atoms with Crippen LogP contribution >= 0.6 is 0 Å². The molecule has 0 unspecified atom stereocenters. The van der Waals surface area contributed by atoms with Crippen molar-refractivity contribution in [2.75, 3.05) is 13.1 Å². The Labute approximate surface area is 142 Å². The van der Waals surface area contributed by atoms with Crippen LogP contribution in [0.2, 0.25) is 0 Å². The molecular weight excluding hydrogens is 302 g/mol. The Morgan fingerprint density at radius 1 is 1.29 bits per heavy atom. The minimum Gasteiger partial charge on any atom is -0.480 e. The molecular formula is C19H25N3O2. The Morgan fingerprint density at radius 3 is 2.67 bits per heavy atom. The maximum Gasteiger partial charge on any atom is 0.325 e. The Balaban J connectivity index is 1.94. The van der Waals surface area contributed by atoms with E-state index < -0.39 is 5.97 Å². The van der Waals surface area contributed by atoms with E-state index in [0.717, 1.165) is 22.5 Å². The molecule has 0 amide bonds. The summed E-state index contributed by atoms with van der Waals surface area (Å²) in [7, 11) is 0. The molecule has 5 nitrogen and oxygen atoms in total. The number of nitrogens with zero attached hydrogens (tertiary/aromatic N) is 3. The topological polar surface area (TPSA) is 58.4 Å². The van der Waals surface area contributed by atoms with E-state index in [1.165, 1.54) is 31.5 Å². The van der Waals surface area contributed by atoms with Crippen molar-refractivity contribution in [2.24, 2.45) is 0 Å². The van der Waals surface area contributed by atoms with Gasteiger partial charge in [0.2, 0.25) is 0 Å². The van der Waals surface area contributed by atoms with Gasteiger partial charge in [-0.3, -0.25) is 14.4 Å². The van der Waals surface area contributed by atoms with Gasteiger partial charge in [0, 0.05) is 17.3 Å². The van der Waals surface area contributed by atoms with Crippen molar-refractivity contribution in [3.8, 4) is 11.1 Å². The van der Waals surface area contributed by atoms with Gasteiger partial charge in [-0.15, -0.1) is 0 Å². The summed E-state index contributed by atoms with van der Waals surface area (Å²) in [5.74, 6) is -0.872. The highest BCUT2D eigenvalue weighted by Gasteiger charge is 2.21. The van der Waals surface area contributed by atoms with Crippen LogP contribution in [0.5, 0.6) is 0 Å². The lowest BCUT2D eigenvalue weighted by atomic mass is 9.98. The molecule has 1 fully saturated rings. The van der Waals surface area contributed by atoms with E-state index in [2.05, 4.69) is 41.2 Å². The first-order valence-corrected chi connectivity index (χ1v) is 8.57. The number of benzene rings is 1. The predicted molar refractivity (Wildman–Crippen MR) is 94.0 cm³/mol. The molecule has 1 aromatic carbocycles. The second-order valence-electron chi connectivity index (χ2n) is 6.64. The summed E-state index contributed by atoms with van der Waals surface area (Å²) in [5, 5.41) is 13.4. The highest BCUT2D eigenvalue weighted by Crippen LogP contribution is 2.31. The minimum atomic E-state index is -0.872. The molecule has 0 bridgehead atoms. The molecule has 3 rings (SSSR count). The zero-order valence-electron chi connectivity index (χ0n) is 14.6. The summed E-state index contributed by atoms with van der Waals surface area (Å²) >= 11 is 0. The molecule has 128 valence electrons. The fourth-order valence-electron chi connectivity index (χ4n) is 3.69. The van der Waals surface area contributed by atoms with Crippen LogP contribution in [0.25, 0.3) is 11.1 Å². The van der Waals surface area contributed by atoms with Crippen LogP contribution in [0.15, 0.2) is 24.3 Å². The van der Waals surface area contributed by atoms with Gasteiger partial charge in [0.15, 0.2) is 0 Å². The fraction of sp³-hybridized carbons (Fsp3) is 0.474. The molecule has 1 aliphatic heterocycles. The van der Waals surface area contributed by atoms with Crippen LogP contribution in [0, 0.1) is 13.8 Å². The van der Waals surface area contributed by atoms with E-state index in [1.807, 2.05) is 13.8 Å². The standard InChI is InChI=1S/C19H25N3O2/c1-13-19(15(3)22(20-13)12-18(23)24)17-8-6-7-16(11-17)14(2)21-9-4-5-10-21/h6-8,11,14H,4-5,9-10,12H2,1-3H3,(H,23,24)/t14-/m0/s1. The number of aliphatic carboxylic acids is 1. The van der Waals surface area contributed by atoms with Crippen LogP contribution in [-0.2, 0) is 11.3 Å². The normalized spacial score (nSPS) is 16.5. The quantitative estimate of drug-likeness (QED) is 0.914. The summed E-state index contributed by atoms with van der Waals surface area (Å²) in [6, 6.07) is 8.99. The molecule has 1 aromatic heterocycles. The molecule has 2 heterocycles. The largest absolute Gasteiger partial charge is 0.480 e. The first-order valence-electron chi connectivity index (χ1n) is 8.57. The summed E-state index contributed by atoms with van der Waals surface area (Å²) in [6.45, 7) is 8.38. The number of rotatable bonds is 5. The molecule has 0 radical (unpaired) electrons. The van der Waals surface area contributed by atoms with E-state index in [-0.39, 0.29) is 6.54 Å². The Bertz CT molecular complexity index is 745. The highest BCUT2D eigenvalue weighted by molar-refractivity contribution is 5.71. The van der Waals surface area contributed by atoms with Crippen molar-refractivity contribution in [2.45, 2.75) is 46.2 Å². The first-order chi connectivity index (χ1) is 11.5. The van der Waals surface area contributed by atoms with Crippen LogP contribution in [0.1, 0.15) is 42.8 Å². The van der Waals surface area contributed by atoms with E-state index in [1.54, 1.807) is 4.68 Å². The number of hydrogen-bond donors (Lipinski definition) is 1. The van der Waals surface area contributed by atoms with Crippen molar-refractivity contribution in [1.29, 1.82) is 0 Å². The molecule has 1 aliphatic rings. The first kappa shape index (κ1) is 16.7. The summed E-state index contributed by atoms with van der Waals surface area (Å²) in [4.78, 5) is 13.5. The predicted octanol–water partition coefficient (Wildman–Crippen LogP) is 3.41. The average molecular weight is 327 g/mol. The SMILES string of the molecule is Cc1nn(CC(=O)O)c(C)c1-c1cccc([C@H](C)N2CCCC2)c1. The van der Waals surface area contributed by atoms with Gasteiger partial charge in [-0.2, -0.15) is 5.10 Å². The number of aromatic nitrogens is 2. The molecule has 0 saturated carbocycles. The molecule has 2 aromatic rings. The summed E-state index contributed by atoms with van der Waals surface area (Å²) < 4.78 is 1.57. The van der Waals surface area contributed by atoms with Gasteiger partial charge in [0.05, 0.1) is 5.69 Å². The lowest BCUT2D eigenvalue weighted by molar-refractivity contribution is -0.137. The third kappa shape index (κ3) is 3.22. The number of hydrogen-bond acceptors (Lipinski definition) is 3. The van der Waals surface area contributed by atoms with Crippen molar-refractivity contribution < 1.29 is 9.90 Å². The number of carboxylic acid groups (broad SMARTS) is 1. The Kier molecular flexibility index (Phi) is 4.71. The maximum atomic E-state index is 11.0. The van der Waals surface area contributed by atoms with Crippen LogP contribution < -0.4 is 0 Å². The minimum absolute atomic E-state index is 0.101.